The van der Waals surface area contributed by atoms with Gasteiger partial charge in [-0.3, -0.25) is 9.69 Å². The van der Waals surface area contributed by atoms with Crippen molar-refractivity contribution >= 4 is 69.6 Å². The van der Waals surface area contributed by atoms with Gasteiger partial charge in [0.15, 0.2) is 6.17 Å². The number of benzene rings is 3. The van der Waals surface area contributed by atoms with Crippen LogP contribution in [0.4, 0.5) is 21.9 Å². The summed E-state index contributed by atoms with van der Waals surface area (Å²) in [5.74, 6) is -0.730. The Morgan fingerprint density at radius 3 is 1.70 bits per heavy atom. The van der Waals surface area contributed by atoms with Crippen LogP contribution in [0, 0.1) is 0 Å². The Bertz CT molecular complexity index is 1130. The van der Waals surface area contributed by atoms with Crippen LogP contribution in [0.3, 0.4) is 0 Å². The minimum Gasteiger partial charge on any atom is -0.315 e. The molecule has 1 saturated heterocycles. The predicted octanol–water partition coefficient (Wildman–Crippen LogP) is 6.02. The molecule has 0 saturated carbocycles. The number of para-hydroxylation sites is 3. The third kappa shape index (κ3) is 4.69. The maximum absolute atomic E-state index is 13.0. The third-order valence-corrected chi connectivity index (χ3v) is 5.64. The first-order valence-electron chi connectivity index (χ1n) is 10.00. The van der Waals surface area contributed by atoms with Gasteiger partial charge >= 0.3 is 6.03 Å². The molecule has 3 aromatic rings. The summed E-state index contributed by atoms with van der Waals surface area (Å²) in [6.07, 6.45) is -1.17. The van der Waals surface area contributed by atoms with Crippen molar-refractivity contribution in [2.45, 2.75) is 9.96 Å². The van der Waals surface area contributed by atoms with E-state index >= 15 is 0 Å². The van der Waals surface area contributed by atoms with E-state index in [1.807, 2.05) is 66.7 Å². The molecule has 3 aromatic carbocycles. The largest absolute Gasteiger partial charge is 0.337 e. The molecule has 1 fully saturated rings. The number of alkyl halides is 3. The number of hydrogen-bond acceptors (Lipinski definition) is 4. The van der Waals surface area contributed by atoms with Gasteiger partial charge in [-0.25, -0.2) is 14.7 Å². The summed E-state index contributed by atoms with van der Waals surface area (Å²) < 4.78 is -1.95. The van der Waals surface area contributed by atoms with Crippen LogP contribution in [-0.4, -0.2) is 39.7 Å². The van der Waals surface area contributed by atoms with Crippen molar-refractivity contribution in [3.63, 3.8) is 0 Å². The highest BCUT2D eigenvalue weighted by Gasteiger charge is 2.45. The minimum atomic E-state index is -1.95. The van der Waals surface area contributed by atoms with Gasteiger partial charge in [0.1, 0.15) is 0 Å². The molecule has 0 bridgehead atoms. The number of likely N-dealkylation sites (N-methyl/N-ethyl adjacent to an activating group) is 1. The molecule has 1 unspecified atom stereocenters. The lowest BCUT2D eigenvalue weighted by atomic mass is 10.2. The van der Waals surface area contributed by atoms with Crippen LogP contribution in [0.1, 0.15) is 0 Å². The highest BCUT2D eigenvalue weighted by molar-refractivity contribution is 6.68. The van der Waals surface area contributed by atoms with E-state index in [4.69, 9.17) is 34.8 Å². The number of urea groups is 1. The van der Waals surface area contributed by atoms with Gasteiger partial charge < -0.3 is 4.90 Å². The van der Waals surface area contributed by atoms with Crippen molar-refractivity contribution in [3.05, 3.63) is 91.0 Å². The van der Waals surface area contributed by atoms with Gasteiger partial charge in [0, 0.05) is 18.4 Å². The second-order valence-corrected chi connectivity index (χ2v) is 9.60. The van der Waals surface area contributed by atoms with Crippen LogP contribution < -0.4 is 9.80 Å². The van der Waals surface area contributed by atoms with E-state index < -0.39 is 21.9 Å². The van der Waals surface area contributed by atoms with Crippen LogP contribution >= 0.6 is 34.8 Å². The maximum Gasteiger partial charge on any atom is 0.337 e. The summed E-state index contributed by atoms with van der Waals surface area (Å²) in [5, 5.41) is 0. The molecule has 1 atom stereocenters. The zero-order chi connectivity index (χ0) is 23.6. The number of halogens is 3. The smallest absolute Gasteiger partial charge is 0.315 e. The van der Waals surface area contributed by atoms with Gasteiger partial charge in [-0.05, 0) is 36.4 Å². The molecule has 0 spiro atoms. The van der Waals surface area contributed by atoms with E-state index in [-0.39, 0.29) is 5.84 Å². The Labute approximate surface area is 206 Å². The molecule has 33 heavy (non-hydrogen) atoms. The van der Waals surface area contributed by atoms with Gasteiger partial charge in [0.05, 0.1) is 5.69 Å². The van der Waals surface area contributed by atoms with Gasteiger partial charge in [-0.1, -0.05) is 89.4 Å². The molecular formula is C24H19Cl3N4O2. The summed E-state index contributed by atoms with van der Waals surface area (Å²) in [6.45, 7) is 0. The number of nitrogens with zero attached hydrogens (tertiary/aromatic N) is 4. The minimum absolute atomic E-state index is 0.137. The maximum atomic E-state index is 13.0. The van der Waals surface area contributed by atoms with Crippen molar-refractivity contribution in [2.75, 3.05) is 16.8 Å². The fraction of sp³-hybridized carbons (Fsp3) is 0.125. The first-order valence-corrected chi connectivity index (χ1v) is 11.1. The number of carbonyl (C=O) groups is 2. The highest BCUT2D eigenvalue weighted by atomic mass is 35.6. The van der Waals surface area contributed by atoms with Crippen molar-refractivity contribution < 1.29 is 9.59 Å². The van der Waals surface area contributed by atoms with Crippen molar-refractivity contribution in [2.24, 2.45) is 4.99 Å². The molecule has 1 aliphatic heterocycles. The summed E-state index contributed by atoms with van der Waals surface area (Å²) in [6, 6.07) is 26.7. The molecule has 0 N–H and O–H groups in total. The molecule has 9 heteroatoms. The number of aliphatic imine (C=N–C) groups is 1. The first-order chi connectivity index (χ1) is 15.8. The molecule has 168 valence electrons. The normalized spacial score (nSPS) is 16.4. The van der Waals surface area contributed by atoms with Crippen molar-refractivity contribution in [1.29, 1.82) is 0 Å². The predicted molar refractivity (Wildman–Crippen MR) is 134 cm³/mol. The zero-order valence-corrected chi connectivity index (χ0v) is 19.7. The van der Waals surface area contributed by atoms with Gasteiger partial charge in [0.25, 0.3) is 5.91 Å². The van der Waals surface area contributed by atoms with Crippen molar-refractivity contribution in [3.8, 4) is 0 Å². The zero-order valence-electron chi connectivity index (χ0n) is 17.5. The Kier molecular flexibility index (Phi) is 6.61. The molecule has 0 aromatic heterocycles. The van der Waals surface area contributed by atoms with Gasteiger partial charge in [0.2, 0.25) is 9.63 Å². The summed E-state index contributed by atoms with van der Waals surface area (Å²) in [5.41, 5.74) is 1.87. The highest BCUT2D eigenvalue weighted by Crippen LogP contribution is 2.41. The van der Waals surface area contributed by atoms with Crippen LogP contribution in [0.5, 0.6) is 0 Å². The first kappa shape index (κ1) is 23.1. The molecule has 0 aliphatic carbocycles. The second kappa shape index (κ2) is 9.43. The number of amides is 3. The van der Waals surface area contributed by atoms with Gasteiger partial charge in [-0.15, -0.1) is 0 Å². The van der Waals surface area contributed by atoms with E-state index in [2.05, 4.69) is 4.99 Å². The Hall–Kier alpha value is -3.06. The molecule has 0 radical (unpaired) electrons. The number of carbonyl (C=O) groups excluding carboxylic acids is 2. The number of amidine groups is 1. The van der Waals surface area contributed by atoms with E-state index in [0.29, 0.717) is 17.1 Å². The fourth-order valence-electron chi connectivity index (χ4n) is 3.50. The van der Waals surface area contributed by atoms with Crippen LogP contribution in [0.15, 0.2) is 96.0 Å². The third-order valence-electron chi connectivity index (χ3n) is 5.05. The van der Waals surface area contributed by atoms with Crippen LogP contribution in [-0.2, 0) is 4.79 Å². The molecule has 6 nitrogen and oxygen atoms in total. The fourth-order valence-corrected chi connectivity index (χ4v) is 3.94. The lowest BCUT2D eigenvalue weighted by molar-refractivity contribution is -0.119. The molecule has 4 rings (SSSR count). The second-order valence-electron chi connectivity index (χ2n) is 7.23. The van der Waals surface area contributed by atoms with E-state index in [9.17, 15) is 9.59 Å². The Morgan fingerprint density at radius 1 is 0.788 bits per heavy atom. The van der Waals surface area contributed by atoms with Crippen LogP contribution in [0.2, 0.25) is 0 Å². The van der Waals surface area contributed by atoms with E-state index in [1.54, 1.807) is 29.2 Å². The standard InChI is InChI=1S/C24H19Cl3N4O2/c1-29-21(32)20(31(23(29)33)19-15-9-4-10-16-19)28-22(24(25,26)27)30(17-11-5-2-6-12-17)18-13-7-3-8-14-18/h2-16,22H,1H3. The van der Waals surface area contributed by atoms with Crippen molar-refractivity contribution in [1.82, 2.24) is 4.90 Å². The Morgan fingerprint density at radius 2 is 1.24 bits per heavy atom. The number of rotatable bonds is 5. The molecular weight excluding hydrogens is 483 g/mol. The van der Waals surface area contributed by atoms with E-state index in [1.165, 1.54) is 11.9 Å². The summed E-state index contributed by atoms with van der Waals surface area (Å²) in [4.78, 5) is 34.5. The lowest BCUT2D eigenvalue weighted by Crippen LogP contribution is -2.43. The topological polar surface area (TPSA) is 56.2 Å². The monoisotopic (exact) mass is 500 g/mol. The molecule has 3 amide bonds. The van der Waals surface area contributed by atoms with Gasteiger partial charge in [-0.2, -0.15) is 0 Å². The Balaban J connectivity index is 1.91. The lowest BCUT2D eigenvalue weighted by Gasteiger charge is -2.35. The molecule has 1 heterocycles. The number of anilines is 3. The van der Waals surface area contributed by atoms with E-state index in [0.717, 1.165) is 4.90 Å². The average Bonchev–Trinajstić information content (AvgIpc) is 3.03. The SMILES string of the molecule is CN1C(=O)C(=NC(N(c2ccccc2)c2ccccc2)C(Cl)(Cl)Cl)N(c2ccccc2)C1=O. The number of hydrogen-bond donors (Lipinski definition) is 0. The summed E-state index contributed by atoms with van der Waals surface area (Å²) in [7, 11) is 1.39. The average molecular weight is 502 g/mol. The number of imide groups is 1. The van der Waals surface area contributed by atoms with Crippen LogP contribution in [0.25, 0.3) is 0 Å². The summed E-state index contributed by atoms with van der Waals surface area (Å²) >= 11 is 19.3. The molecule has 1 aliphatic rings. The quantitative estimate of drug-likeness (QED) is 0.317.